The molecule has 1 aliphatic rings. The highest BCUT2D eigenvalue weighted by atomic mass is 16.4. The number of rotatable bonds is 1. The Morgan fingerprint density at radius 3 is 2.70 bits per heavy atom. The van der Waals surface area contributed by atoms with Crippen molar-refractivity contribution in [3.8, 4) is 0 Å². The first-order valence-corrected chi connectivity index (χ1v) is 3.39. The maximum atomic E-state index is 10.4. The molecule has 0 aliphatic carbocycles. The van der Waals surface area contributed by atoms with Crippen molar-refractivity contribution in [2.75, 3.05) is 13.1 Å². The molecule has 0 spiro atoms. The molecule has 0 saturated carbocycles. The van der Waals surface area contributed by atoms with Crippen LogP contribution in [0.5, 0.6) is 0 Å². The van der Waals surface area contributed by atoms with Gasteiger partial charge in [0.05, 0.1) is 5.92 Å². The lowest BCUT2D eigenvalue weighted by Crippen LogP contribution is -2.46. The second-order valence-electron chi connectivity index (χ2n) is 2.69. The normalized spacial score (nSPS) is 33.7. The zero-order chi connectivity index (χ0) is 7.56. The number of piperidine rings is 1. The van der Waals surface area contributed by atoms with Gasteiger partial charge >= 0.3 is 5.97 Å². The molecule has 1 heterocycles. The highest BCUT2D eigenvalue weighted by Gasteiger charge is 2.23. The van der Waals surface area contributed by atoms with Crippen LogP contribution in [0.2, 0.25) is 0 Å². The van der Waals surface area contributed by atoms with Crippen LogP contribution < -0.4 is 11.1 Å². The maximum Gasteiger partial charge on any atom is 0.307 e. The van der Waals surface area contributed by atoms with Crippen LogP contribution in [0.4, 0.5) is 0 Å². The molecule has 4 N–H and O–H groups in total. The molecular weight excluding hydrogens is 132 g/mol. The van der Waals surface area contributed by atoms with Crippen LogP contribution in [0.15, 0.2) is 0 Å². The fourth-order valence-corrected chi connectivity index (χ4v) is 1.16. The largest absolute Gasteiger partial charge is 0.481 e. The molecular formula is C6H12N2O2. The summed E-state index contributed by atoms with van der Waals surface area (Å²) in [6.07, 6.45) is 0.600. The van der Waals surface area contributed by atoms with Gasteiger partial charge in [0.25, 0.3) is 0 Å². The molecule has 0 aromatic carbocycles. The van der Waals surface area contributed by atoms with Crippen LogP contribution in [-0.2, 0) is 4.79 Å². The number of carbonyl (C=O) groups is 1. The molecule has 58 valence electrons. The van der Waals surface area contributed by atoms with Gasteiger partial charge in [0, 0.05) is 19.1 Å². The van der Waals surface area contributed by atoms with E-state index in [-0.39, 0.29) is 12.0 Å². The Bertz CT molecular complexity index is 138. The van der Waals surface area contributed by atoms with Crippen molar-refractivity contribution in [1.29, 1.82) is 0 Å². The first-order chi connectivity index (χ1) is 4.70. The van der Waals surface area contributed by atoms with Crippen molar-refractivity contribution in [3.63, 3.8) is 0 Å². The lowest BCUT2D eigenvalue weighted by atomic mass is 9.97. The van der Waals surface area contributed by atoms with Crippen LogP contribution >= 0.6 is 0 Å². The Morgan fingerprint density at radius 2 is 2.30 bits per heavy atom. The van der Waals surface area contributed by atoms with E-state index in [1.807, 2.05) is 0 Å². The van der Waals surface area contributed by atoms with Crippen LogP contribution in [0, 0.1) is 5.92 Å². The van der Waals surface area contributed by atoms with Crippen molar-refractivity contribution < 1.29 is 9.90 Å². The lowest BCUT2D eigenvalue weighted by Gasteiger charge is -2.24. The minimum Gasteiger partial charge on any atom is -0.481 e. The van der Waals surface area contributed by atoms with Gasteiger partial charge in [0.1, 0.15) is 0 Å². The van der Waals surface area contributed by atoms with Crippen LogP contribution in [0.25, 0.3) is 0 Å². The lowest BCUT2D eigenvalue weighted by molar-refractivity contribution is -0.142. The number of hydrogen-bond donors (Lipinski definition) is 3. The Balaban J connectivity index is 2.39. The number of nitrogens with one attached hydrogen (secondary N) is 1. The molecule has 0 bridgehead atoms. The Hall–Kier alpha value is -0.610. The molecule has 0 amide bonds. The fourth-order valence-electron chi connectivity index (χ4n) is 1.16. The zero-order valence-electron chi connectivity index (χ0n) is 5.71. The smallest absolute Gasteiger partial charge is 0.307 e. The summed E-state index contributed by atoms with van der Waals surface area (Å²) in [5.41, 5.74) is 5.54. The summed E-state index contributed by atoms with van der Waals surface area (Å²) in [7, 11) is 0. The molecule has 1 aliphatic heterocycles. The molecule has 0 radical (unpaired) electrons. The third kappa shape index (κ3) is 1.68. The molecule has 4 nitrogen and oxygen atoms in total. The van der Waals surface area contributed by atoms with Gasteiger partial charge in [-0.25, -0.2) is 0 Å². The SMILES string of the molecule is N[C@@H]1CNC[C@H](C(=O)O)C1. The number of carboxylic acid groups (broad SMARTS) is 1. The highest BCUT2D eigenvalue weighted by Crippen LogP contribution is 2.08. The van der Waals surface area contributed by atoms with Crippen molar-refractivity contribution in [2.24, 2.45) is 11.7 Å². The van der Waals surface area contributed by atoms with E-state index in [0.717, 1.165) is 6.54 Å². The average Bonchev–Trinajstić information content (AvgIpc) is 1.88. The number of nitrogens with two attached hydrogens (primary N) is 1. The summed E-state index contributed by atoms with van der Waals surface area (Å²) in [4.78, 5) is 10.4. The maximum absolute atomic E-state index is 10.4. The monoisotopic (exact) mass is 144 g/mol. The Labute approximate surface area is 59.4 Å². The van der Waals surface area contributed by atoms with Crippen molar-refractivity contribution >= 4 is 5.97 Å². The van der Waals surface area contributed by atoms with Crippen LogP contribution in [0.3, 0.4) is 0 Å². The van der Waals surface area contributed by atoms with Crippen molar-refractivity contribution in [1.82, 2.24) is 5.32 Å². The van der Waals surface area contributed by atoms with Crippen LogP contribution in [-0.4, -0.2) is 30.2 Å². The minimum absolute atomic E-state index is 0.00912. The Morgan fingerprint density at radius 1 is 1.60 bits per heavy atom. The highest BCUT2D eigenvalue weighted by molar-refractivity contribution is 5.70. The molecule has 1 rings (SSSR count). The second kappa shape index (κ2) is 2.98. The van der Waals surface area contributed by atoms with Gasteiger partial charge in [-0.1, -0.05) is 0 Å². The first-order valence-electron chi connectivity index (χ1n) is 3.39. The zero-order valence-corrected chi connectivity index (χ0v) is 5.71. The average molecular weight is 144 g/mol. The molecule has 0 aromatic heterocycles. The predicted molar refractivity (Wildman–Crippen MR) is 36.6 cm³/mol. The third-order valence-corrected chi connectivity index (χ3v) is 1.73. The third-order valence-electron chi connectivity index (χ3n) is 1.73. The number of carboxylic acids is 1. The molecule has 0 unspecified atom stereocenters. The standard InChI is InChI=1S/C6H12N2O2/c7-5-1-4(6(9)10)2-8-3-5/h4-5,8H,1-3,7H2,(H,9,10)/t4-,5+/m1/s1. The summed E-state index contributed by atoms with van der Waals surface area (Å²) in [6.45, 7) is 1.30. The van der Waals surface area contributed by atoms with Gasteiger partial charge in [-0.15, -0.1) is 0 Å². The predicted octanol–water partition coefficient (Wildman–Crippen LogP) is -0.992. The van der Waals surface area contributed by atoms with Crippen molar-refractivity contribution in [3.05, 3.63) is 0 Å². The van der Waals surface area contributed by atoms with Gasteiger partial charge in [0.2, 0.25) is 0 Å². The van der Waals surface area contributed by atoms with E-state index in [2.05, 4.69) is 5.32 Å². The topological polar surface area (TPSA) is 75.3 Å². The molecule has 1 saturated heterocycles. The first kappa shape index (κ1) is 7.50. The molecule has 1 fully saturated rings. The summed E-state index contributed by atoms with van der Waals surface area (Å²) in [6, 6.07) is 0.00912. The van der Waals surface area contributed by atoms with E-state index in [4.69, 9.17) is 10.8 Å². The number of hydrogen-bond acceptors (Lipinski definition) is 3. The van der Waals surface area contributed by atoms with Gasteiger partial charge < -0.3 is 16.2 Å². The summed E-state index contributed by atoms with van der Waals surface area (Å²) in [5, 5.41) is 11.5. The van der Waals surface area contributed by atoms with Gasteiger partial charge in [-0.2, -0.15) is 0 Å². The van der Waals surface area contributed by atoms with E-state index in [0.29, 0.717) is 13.0 Å². The van der Waals surface area contributed by atoms with Gasteiger partial charge in [0.15, 0.2) is 0 Å². The molecule has 2 atom stereocenters. The second-order valence-corrected chi connectivity index (χ2v) is 2.69. The molecule has 0 aromatic rings. The molecule has 10 heavy (non-hydrogen) atoms. The number of aliphatic carboxylic acids is 1. The summed E-state index contributed by atoms with van der Waals surface area (Å²) < 4.78 is 0. The van der Waals surface area contributed by atoms with E-state index < -0.39 is 5.97 Å². The Kier molecular flexibility index (Phi) is 2.24. The molecule has 4 heteroatoms. The van der Waals surface area contributed by atoms with E-state index in [9.17, 15) is 4.79 Å². The summed E-state index contributed by atoms with van der Waals surface area (Å²) in [5.74, 6) is -1.04. The van der Waals surface area contributed by atoms with Gasteiger partial charge in [-0.3, -0.25) is 4.79 Å². The quantitative estimate of drug-likeness (QED) is 0.441. The van der Waals surface area contributed by atoms with Gasteiger partial charge in [-0.05, 0) is 6.42 Å². The fraction of sp³-hybridized carbons (Fsp3) is 0.833. The van der Waals surface area contributed by atoms with Crippen molar-refractivity contribution in [2.45, 2.75) is 12.5 Å². The minimum atomic E-state index is -0.748. The van der Waals surface area contributed by atoms with E-state index in [1.165, 1.54) is 0 Å². The summed E-state index contributed by atoms with van der Waals surface area (Å²) >= 11 is 0. The van der Waals surface area contributed by atoms with E-state index >= 15 is 0 Å². The van der Waals surface area contributed by atoms with Crippen LogP contribution in [0.1, 0.15) is 6.42 Å². The van der Waals surface area contributed by atoms with E-state index in [1.54, 1.807) is 0 Å².